The predicted molar refractivity (Wildman–Crippen MR) is 139 cm³/mol. The first-order valence-corrected chi connectivity index (χ1v) is 12.6. The monoisotopic (exact) mass is 609 g/mol. The number of hydrogen-bond donors (Lipinski definition) is 2. The van der Waals surface area contributed by atoms with Crippen LogP contribution in [0, 0.1) is 6.92 Å². The number of ether oxygens (including phenoxy) is 2. The van der Waals surface area contributed by atoms with Gasteiger partial charge in [0.25, 0.3) is 10.0 Å². The van der Waals surface area contributed by atoms with Crippen molar-refractivity contribution in [3.63, 3.8) is 0 Å². The molecule has 1 aromatic heterocycles. The maximum absolute atomic E-state index is 13.5. The summed E-state index contributed by atoms with van der Waals surface area (Å²) in [6.07, 6.45) is -8.48. The third kappa shape index (κ3) is 7.11. The summed E-state index contributed by atoms with van der Waals surface area (Å²) in [7, 11) is -2.70. The van der Waals surface area contributed by atoms with Crippen LogP contribution in [0.25, 0.3) is 10.9 Å². The number of benzene rings is 3. The Morgan fingerprint density at radius 3 is 2.12 bits per heavy atom. The zero-order valence-electron chi connectivity index (χ0n) is 20.7. The van der Waals surface area contributed by atoms with Gasteiger partial charge in [0.1, 0.15) is 11.5 Å². The van der Waals surface area contributed by atoms with Crippen LogP contribution in [0.3, 0.4) is 0 Å². The van der Waals surface area contributed by atoms with Gasteiger partial charge in [0, 0.05) is 35.6 Å². The van der Waals surface area contributed by atoms with Crippen LogP contribution in [-0.4, -0.2) is 32.2 Å². The van der Waals surface area contributed by atoms with E-state index >= 15 is 0 Å². The van der Waals surface area contributed by atoms with Crippen LogP contribution in [0.15, 0.2) is 71.8 Å². The predicted octanol–water partition coefficient (Wildman–Crippen LogP) is 6.87. The molecule has 0 amide bonds. The molecule has 40 heavy (non-hydrogen) atoms. The first kappa shape index (κ1) is 30.9. The fourth-order valence-corrected chi connectivity index (χ4v) is 5.37. The lowest BCUT2D eigenvalue weighted by Gasteiger charge is -2.14. The van der Waals surface area contributed by atoms with Gasteiger partial charge >= 0.3 is 12.7 Å². The Hall–Kier alpha value is -3.62. The third-order valence-electron chi connectivity index (χ3n) is 5.53. The van der Waals surface area contributed by atoms with E-state index in [1.807, 2.05) is 0 Å². The van der Waals surface area contributed by atoms with Crippen LogP contribution in [0.4, 0.5) is 37.7 Å². The molecule has 15 heteroatoms. The summed E-state index contributed by atoms with van der Waals surface area (Å²) >= 11 is 0. The molecule has 0 atom stereocenters. The molecule has 0 saturated carbocycles. The van der Waals surface area contributed by atoms with Crippen LogP contribution >= 0.6 is 12.4 Å². The molecule has 0 spiro atoms. The summed E-state index contributed by atoms with van der Waals surface area (Å²) in [5, 5.41) is 6.54. The van der Waals surface area contributed by atoms with E-state index in [9.17, 15) is 34.8 Å². The van der Waals surface area contributed by atoms with E-state index < -0.39 is 39.1 Å². The molecular weight excluding hydrogens is 588 g/mol. The average molecular weight is 610 g/mol. The van der Waals surface area contributed by atoms with Gasteiger partial charge in [-0.15, -0.1) is 38.7 Å². The summed E-state index contributed by atoms with van der Waals surface area (Å²) in [5.41, 5.74) is 2.11. The molecule has 2 N–H and O–H groups in total. The quantitative estimate of drug-likeness (QED) is 0.212. The molecule has 0 bridgehead atoms. The zero-order chi connectivity index (χ0) is 28.6. The van der Waals surface area contributed by atoms with Gasteiger partial charge in [-0.05, 0) is 67.6 Å². The van der Waals surface area contributed by atoms with E-state index in [2.05, 4.69) is 20.1 Å². The highest BCUT2D eigenvalue weighted by Crippen LogP contribution is 2.33. The molecule has 0 aliphatic rings. The molecule has 3 aromatic carbocycles. The van der Waals surface area contributed by atoms with Crippen LogP contribution in [0.5, 0.6) is 11.5 Å². The number of rotatable bonds is 8. The Kier molecular flexibility index (Phi) is 8.87. The Balaban J connectivity index is 0.00000441. The maximum atomic E-state index is 13.5. The summed E-state index contributed by atoms with van der Waals surface area (Å²) in [4.78, 5) is -0.424. The molecule has 0 saturated heterocycles. The minimum absolute atomic E-state index is 0. The topological polar surface area (TPSA) is 81.6 Å². The lowest BCUT2D eigenvalue weighted by molar-refractivity contribution is -0.275. The highest BCUT2D eigenvalue weighted by atomic mass is 35.5. The van der Waals surface area contributed by atoms with Crippen LogP contribution in [0.1, 0.15) is 11.1 Å². The maximum Gasteiger partial charge on any atom is 0.573 e. The van der Waals surface area contributed by atoms with Crippen molar-refractivity contribution in [2.24, 2.45) is 0 Å². The molecule has 0 unspecified atom stereocenters. The van der Waals surface area contributed by atoms with Gasteiger partial charge in [0.15, 0.2) is 0 Å². The van der Waals surface area contributed by atoms with Crippen molar-refractivity contribution in [1.29, 1.82) is 0 Å². The van der Waals surface area contributed by atoms with Crippen molar-refractivity contribution in [3.8, 4) is 11.5 Å². The zero-order valence-corrected chi connectivity index (χ0v) is 22.4. The Labute approximate surface area is 231 Å². The molecule has 4 aromatic rings. The van der Waals surface area contributed by atoms with Gasteiger partial charge in [-0.2, -0.15) is 0 Å². The minimum atomic E-state index is -5.00. The summed E-state index contributed by atoms with van der Waals surface area (Å²) in [6.45, 7) is 1.86. The van der Waals surface area contributed by atoms with Crippen molar-refractivity contribution in [3.05, 3.63) is 78.0 Å². The SMILES string of the molecule is CNCc1cn(S(=O)(=O)c2cccc(OC(F)(F)F)c2)c2cc(Nc3ccc(OC(F)(F)F)cc3C)ccc12.Cl. The van der Waals surface area contributed by atoms with Crippen molar-refractivity contribution in [1.82, 2.24) is 9.29 Å². The minimum Gasteiger partial charge on any atom is -0.406 e. The number of fused-ring (bicyclic) bond motifs is 1. The third-order valence-corrected chi connectivity index (χ3v) is 7.20. The van der Waals surface area contributed by atoms with E-state index in [-0.39, 0.29) is 17.9 Å². The summed E-state index contributed by atoms with van der Waals surface area (Å²) in [5.74, 6) is -1.08. The van der Waals surface area contributed by atoms with Gasteiger partial charge in [-0.1, -0.05) is 12.1 Å². The Bertz CT molecular complexity index is 1620. The second-order valence-electron chi connectivity index (χ2n) is 8.39. The lowest BCUT2D eigenvalue weighted by Crippen LogP contribution is -2.18. The van der Waals surface area contributed by atoms with Crippen LogP contribution in [-0.2, 0) is 16.6 Å². The van der Waals surface area contributed by atoms with Crippen molar-refractivity contribution < 1.29 is 44.2 Å². The van der Waals surface area contributed by atoms with Crippen LogP contribution in [0.2, 0.25) is 0 Å². The second-order valence-corrected chi connectivity index (χ2v) is 10.2. The van der Waals surface area contributed by atoms with E-state index in [1.54, 1.807) is 26.1 Å². The molecule has 0 aliphatic heterocycles. The van der Waals surface area contributed by atoms with Gasteiger partial charge in [-0.3, -0.25) is 0 Å². The molecule has 7 nitrogen and oxygen atoms in total. The lowest BCUT2D eigenvalue weighted by atomic mass is 10.1. The van der Waals surface area contributed by atoms with E-state index in [4.69, 9.17) is 0 Å². The van der Waals surface area contributed by atoms with Crippen molar-refractivity contribution in [2.45, 2.75) is 31.1 Å². The molecule has 0 radical (unpaired) electrons. The second kappa shape index (κ2) is 11.5. The van der Waals surface area contributed by atoms with Crippen molar-refractivity contribution in [2.75, 3.05) is 12.4 Å². The first-order valence-electron chi connectivity index (χ1n) is 11.2. The van der Waals surface area contributed by atoms with Crippen molar-refractivity contribution >= 4 is 44.7 Å². The van der Waals surface area contributed by atoms with Crippen LogP contribution < -0.4 is 20.1 Å². The highest BCUT2D eigenvalue weighted by molar-refractivity contribution is 7.90. The molecule has 0 aliphatic carbocycles. The van der Waals surface area contributed by atoms with Gasteiger partial charge in [-0.25, -0.2) is 12.4 Å². The number of nitrogens with one attached hydrogen (secondary N) is 2. The first-order chi connectivity index (χ1) is 18.2. The van der Waals surface area contributed by atoms with Gasteiger partial charge in [0.05, 0.1) is 10.4 Å². The van der Waals surface area contributed by atoms with Gasteiger partial charge in [0.2, 0.25) is 0 Å². The summed E-state index contributed by atoms with van der Waals surface area (Å²) in [6, 6.07) is 12.6. The number of hydrogen-bond acceptors (Lipinski definition) is 6. The molecule has 4 rings (SSSR count). The van der Waals surface area contributed by atoms with E-state index in [1.165, 1.54) is 24.4 Å². The van der Waals surface area contributed by atoms with E-state index in [0.717, 1.165) is 34.3 Å². The Morgan fingerprint density at radius 1 is 0.875 bits per heavy atom. The normalized spacial score (nSPS) is 12.2. The fourth-order valence-electron chi connectivity index (χ4n) is 3.95. The standard InChI is InChI=1S/C25H21F6N3O4S.ClH/c1-15-10-19(38-25(29,30)31)7-9-22(15)33-17-6-8-21-16(13-32-2)14-34(23(21)11-17)39(35,36)20-5-3-4-18(12-20)37-24(26,27)28;/h3-12,14,32-33H,13H2,1-2H3;1H. The largest absolute Gasteiger partial charge is 0.573 e. The molecule has 0 fully saturated rings. The average Bonchev–Trinajstić information content (AvgIpc) is 3.18. The number of nitrogens with zero attached hydrogens (tertiary/aromatic N) is 1. The Morgan fingerprint density at radius 2 is 1.52 bits per heavy atom. The number of halogens is 7. The van der Waals surface area contributed by atoms with E-state index in [0.29, 0.717) is 34.4 Å². The number of alkyl halides is 6. The molecule has 1 heterocycles. The number of anilines is 2. The fraction of sp³-hybridized carbons (Fsp3) is 0.200. The smallest absolute Gasteiger partial charge is 0.406 e. The summed E-state index contributed by atoms with van der Waals surface area (Å²) < 4.78 is 111. The van der Waals surface area contributed by atoms with Gasteiger partial charge < -0.3 is 20.1 Å². The number of aromatic nitrogens is 1. The number of aryl methyl sites for hydroxylation is 1. The molecular formula is C25H22ClF6N3O4S. The molecule has 216 valence electrons. The highest BCUT2D eigenvalue weighted by Gasteiger charge is 2.32.